The first-order chi connectivity index (χ1) is 14.3. The van der Waals surface area contributed by atoms with E-state index < -0.39 is 14.9 Å². The molecule has 2 aromatic carbocycles. The van der Waals surface area contributed by atoms with Crippen molar-refractivity contribution in [1.82, 2.24) is 4.31 Å². The lowest BCUT2D eigenvalue weighted by atomic mass is 10.1. The molecular formula is C20H22ClN3O5S. The molecule has 10 heteroatoms. The van der Waals surface area contributed by atoms with Crippen LogP contribution < -0.4 is 5.32 Å². The Labute approximate surface area is 180 Å². The van der Waals surface area contributed by atoms with Gasteiger partial charge in [-0.3, -0.25) is 14.9 Å². The highest BCUT2D eigenvalue weighted by molar-refractivity contribution is 7.89. The van der Waals surface area contributed by atoms with Crippen molar-refractivity contribution < 1.29 is 18.1 Å². The zero-order valence-corrected chi connectivity index (χ0v) is 17.8. The normalized spacial score (nSPS) is 15.4. The van der Waals surface area contributed by atoms with Crippen molar-refractivity contribution in [1.29, 1.82) is 0 Å². The van der Waals surface area contributed by atoms with Crippen LogP contribution in [0.1, 0.15) is 36.0 Å². The fourth-order valence-corrected chi connectivity index (χ4v) is 5.12. The largest absolute Gasteiger partial charge is 0.378 e. The number of carbonyl (C=O) groups excluding carboxylic acids is 1. The lowest BCUT2D eigenvalue weighted by molar-refractivity contribution is -0.384. The summed E-state index contributed by atoms with van der Waals surface area (Å²) in [5, 5.41) is 13.6. The van der Waals surface area contributed by atoms with Crippen LogP contribution in [0.2, 0.25) is 5.02 Å². The third-order valence-electron chi connectivity index (χ3n) is 4.96. The Hall–Kier alpha value is -2.49. The van der Waals surface area contributed by atoms with E-state index in [2.05, 4.69) is 5.32 Å². The summed E-state index contributed by atoms with van der Waals surface area (Å²) in [6, 6.07) is 10.1. The van der Waals surface area contributed by atoms with Gasteiger partial charge < -0.3 is 5.32 Å². The van der Waals surface area contributed by atoms with E-state index in [9.17, 15) is 23.3 Å². The number of hydrogen-bond acceptors (Lipinski definition) is 6. The van der Waals surface area contributed by atoms with E-state index in [4.69, 9.17) is 11.6 Å². The Balaban J connectivity index is 1.71. The Morgan fingerprint density at radius 2 is 1.80 bits per heavy atom. The first-order valence-electron chi connectivity index (χ1n) is 9.60. The molecule has 2 aromatic rings. The summed E-state index contributed by atoms with van der Waals surface area (Å²) in [5.74, 6) is -0.308. The number of ketones is 1. The van der Waals surface area contributed by atoms with Crippen LogP contribution in [-0.2, 0) is 10.0 Å². The Kier molecular flexibility index (Phi) is 7.06. The van der Waals surface area contributed by atoms with Crippen LogP contribution >= 0.6 is 11.6 Å². The molecule has 1 N–H and O–H groups in total. The van der Waals surface area contributed by atoms with E-state index in [-0.39, 0.29) is 33.5 Å². The predicted octanol–water partition coefficient (Wildman–Crippen LogP) is 4.11. The van der Waals surface area contributed by atoms with Crippen molar-refractivity contribution in [3.05, 3.63) is 63.2 Å². The molecule has 1 saturated heterocycles. The van der Waals surface area contributed by atoms with Gasteiger partial charge in [-0.15, -0.1) is 0 Å². The quantitative estimate of drug-likeness (QED) is 0.385. The van der Waals surface area contributed by atoms with E-state index in [1.807, 2.05) is 0 Å². The van der Waals surface area contributed by atoms with E-state index in [0.29, 0.717) is 18.8 Å². The molecule has 0 unspecified atom stereocenters. The van der Waals surface area contributed by atoms with Crippen LogP contribution in [0.5, 0.6) is 0 Å². The number of anilines is 1. The molecule has 0 saturated carbocycles. The van der Waals surface area contributed by atoms with Gasteiger partial charge in [-0.05, 0) is 37.1 Å². The van der Waals surface area contributed by atoms with E-state index >= 15 is 0 Å². The zero-order chi connectivity index (χ0) is 21.7. The summed E-state index contributed by atoms with van der Waals surface area (Å²) in [4.78, 5) is 22.9. The van der Waals surface area contributed by atoms with E-state index in [1.54, 1.807) is 12.1 Å². The van der Waals surface area contributed by atoms with Gasteiger partial charge in [0.05, 0.1) is 16.4 Å². The van der Waals surface area contributed by atoms with Crippen LogP contribution in [0.3, 0.4) is 0 Å². The maximum Gasteiger partial charge on any atom is 0.288 e. The second-order valence-corrected chi connectivity index (χ2v) is 9.39. The molecular weight excluding hydrogens is 430 g/mol. The van der Waals surface area contributed by atoms with Crippen LogP contribution in [0.15, 0.2) is 47.4 Å². The molecule has 0 aliphatic carbocycles. The fraction of sp³-hybridized carbons (Fsp3) is 0.350. The fourth-order valence-electron chi connectivity index (χ4n) is 3.31. The van der Waals surface area contributed by atoms with Crippen LogP contribution in [0.25, 0.3) is 0 Å². The molecule has 1 fully saturated rings. The van der Waals surface area contributed by atoms with Crippen molar-refractivity contribution in [2.45, 2.75) is 30.6 Å². The van der Waals surface area contributed by atoms with Crippen LogP contribution in [0, 0.1) is 10.1 Å². The predicted molar refractivity (Wildman–Crippen MR) is 115 cm³/mol. The molecule has 1 aliphatic heterocycles. The summed E-state index contributed by atoms with van der Waals surface area (Å²) in [6.45, 7) is 0.868. The van der Waals surface area contributed by atoms with Gasteiger partial charge >= 0.3 is 0 Å². The Morgan fingerprint density at radius 1 is 1.10 bits per heavy atom. The molecule has 0 bridgehead atoms. The number of hydrogen-bond donors (Lipinski definition) is 1. The number of nitro groups is 1. The summed E-state index contributed by atoms with van der Waals surface area (Å²) in [6.07, 6.45) is 3.70. The van der Waals surface area contributed by atoms with Crippen molar-refractivity contribution in [3.8, 4) is 0 Å². The highest BCUT2D eigenvalue weighted by Crippen LogP contribution is 2.27. The highest BCUT2D eigenvalue weighted by atomic mass is 35.5. The lowest BCUT2D eigenvalue weighted by Gasteiger charge is -2.20. The molecule has 160 valence electrons. The number of rotatable bonds is 7. The Morgan fingerprint density at radius 3 is 2.43 bits per heavy atom. The highest BCUT2D eigenvalue weighted by Gasteiger charge is 2.25. The molecule has 8 nitrogen and oxygen atoms in total. The molecule has 0 radical (unpaired) electrons. The number of nitro benzene ring substituents is 1. The minimum Gasteiger partial charge on any atom is -0.378 e. The maximum atomic E-state index is 12.9. The third-order valence-corrected chi connectivity index (χ3v) is 7.15. The van der Waals surface area contributed by atoms with Crippen molar-refractivity contribution in [2.24, 2.45) is 0 Å². The topological polar surface area (TPSA) is 110 Å². The molecule has 3 rings (SSSR count). The SMILES string of the molecule is O=C(CNc1ccc([N+](=O)[O-])c(Cl)c1)c1cccc(S(=O)(=O)N2CCCCCC2)c1. The molecule has 30 heavy (non-hydrogen) atoms. The van der Waals surface area contributed by atoms with Gasteiger partial charge in [-0.2, -0.15) is 4.31 Å². The number of halogens is 1. The second-order valence-electron chi connectivity index (χ2n) is 7.05. The zero-order valence-electron chi connectivity index (χ0n) is 16.2. The average Bonchev–Trinajstić information content (AvgIpc) is 3.02. The third kappa shape index (κ3) is 5.16. The average molecular weight is 452 g/mol. The van der Waals surface area contributed by atoms with Crippen molar-refractivity contribution >= 4 is 38.8 Å². The van der Waals surface area contributed by atoms with Gasteiger partial charge in [0.15, 0.2) is 5.78 Å². The lowest BCUT2D eigenvalue weighted by Crippen LogP contribution is -2.32. The number of benzene rings is 2. The van der Waals surface area contributed by atoms with Gasteiger partial charge in [0.1, 0.15) is 5.02 Å². The standard InChI is InChI=1S/C20H22ClN3O5S/c21-18-13-16(8-9-19(18)24(26)27)22-14-20(25)15-6-5-7-17(12-15)30(28,29)23-10-3-1-2-4-11-23/h5-9,12-13,22H,1-4,10-11,14H2. The molecule has 0 aromatic heterocycles. The van der Waals surface area contributed by atoms with Crippen molar-refractivity contribution in [3.63, 3.8) is 0 Å². The number of nitrogens with zero attached hydrogens (tertiary/aromatic N) is 2. The van der Waals surface area contributed by atoms with Crippen LogP contribution in [-0.4, -0.2) is 43.1 Å². The van der Waals surface area contributed by atoms with Crippen molar-refractivity contribution in [2.75, 3.05) is 25.0 Å². The summed E-state index contributed by atoms with van der Waals surface area (Å²) < 4.78 is 27.4. The summed E-state index contributed by atoms with van der Waals surface area (Å²) >= 11 is 5.88. The molecule has 1 aliphatic rings. The Bertz CT molecular complexity index is 1050. The van der Waals surface area contributed by atoms with Gasteiger partial charge in [-0.1, -0.05) is 36.6 Å². The van der Waals surface area contributed by atoms with Gasteiger partial charge in [-0.25, -0.2) is 8.42 Å². The summed E-state index contributed by atoms with van der Waals surface area (Å²) in [5.41, 5.74) is 0.499. The number of nitrogens with one attached hydrogen (secondary N) is 1. The van der Waals surface area contributed by atoms with Gasteiger partial charge in [0.25, 0.3) is 5.69 Å². The van der Waals surface area contributed by atoms with Crippen LogP contribution in [0.4, 0.5) is 11.4 Å². The first kappa shape index (κ1) is 22.2. The smallest absolute Gasteiger partial charge is 0.288 e. The summed E-state index contributed by atoms with van der Waals surface area (Å²) in [7, 11) is -3.65. The van der Waals surface area contributed by atoms with Gasteiger partial charge in [0.2, 0.25) is 10.0 Å². The van der Waals surface area contributed by atoms with Gasteiger partial charge in [0, 0.05) is 30.4 Å². The maximum absolute atomic E-state index is 12.9. The minimum absolute atomic E-state index is 0.0389. The molecule has 0 atom stereocenters. The monoisotopic (exact) mass is 451 g/mol. The number of Topliss-reactive ketones (excluding diaryl/α,β-unsaturated/α-hetero) is 1. The minimum atomic E-state index is -3.65. The molecule has 0 amide bonds. The second kappa shape index (κ2) is 9.55. The first-order valence-corrected chi connectivity index (χ1v) is 11.4. The molecule has 1 heterocycles. The molecule has 0 spiro atoms. The van der Waals surface area contributed by atoms with E-state index in [1.165, 1.54) is 34.6 Å². The van der Waals surface area contributed by atoms with E-state index in [0.717, 1.165) is 25.7 Å². The number of carbonyl (C=O) groups is 1. The number of sulfonamides is 1.